The van der Waals surface area contributed by atoms with Crippen molar-refractivity contribution in [2.75, 3.05) is 6.61 Å². The molecule has 0 saturated carbocycles. The summed E-state index contributed by atoms with van der Waals surface area (Å²) in [5.74, 6) is 0. The summed E-state index contributed by atoms with van der Waals surface area (Å²) in [4.78, 5) is 9.59. The number of aliphatic hydroxyl groups is 1. The smallest absolute Gasteiger partial charge is 0.142 e. The van der Waals surface area contributed by atoms with Crippen LogP contribution in [-0.2, 0) is 4.79 Å². The third-order valence-electron chi connectivity index (χ3n) is 0.602. The van der Waals surface area contributed by atoms with Crippen LogP contribution in [0.5, 0.6) is 0 Å². The molecule has 0 atom stereocenters. The molecule has 0 radical (unpaired) electrons. The molecule has 0 aromatic carbocycles. The Labute approximate surface area is 42.5 Å². The van der Waals surface area contributed by atoms with E-state index in [9.17, 15) is 4.79 Å². The molecule has 0 aliphatic heterocycles. The second kappa shape index (κ2) is 3.56. The number of carbonyl (C=O) groups is 1. The van der Waals surface area contributed by atoms with Crippen molar-refractivity contribution in [3.05, 3.63) is 11.6 Å². The fraction of sp³-hybridized carbons (Fsp3) is 0.400. The Morgan fingerprint density at radius 1 is 1.86 bits per heavy atom. The number of carbonyl (C=O) groups excluding carboxylic acids is 1. The lowest BCUT2D eigenvalue weighted by Crippen LogP contribution is -1.82. The monoisotopic (exact) mass is 100 g/mol. The highest BCUT2D eigenvalue weighted by Crippen LogP contribution is 1.83. The molecule has 0 fully saturated rings. The second-order valence-electron chi connectivity index (χ2n) is 1.31. The minimum atomic E-state index is -0.0290. The lowest BCUT2D eigenvalue weighted by Gasteiger charge is -1.84. The molecule has 0 rings (SSSR count). The number of hydrogen-bond acceptors (Lipinski definition) is 2. The zero-order valence-electron chi connectivity index (χ0n) is 4.22. The first-order valence-electron chi connectivity index (χ1n) is 2.03. The summed E-state index contributed by atoms with van der Waals surface area (Å²) in [5, 5.41) is 8.24. The van der Waals surface area contributed by atoms with Crippen LogP contribution < -0.4 is 0 Å². The highest BCUT2D eigenvalue weighted by atomic mass is 16.3. The van der Waals surface area contributed by atoms with E-state index in [4.69, 9.17) is 5.11 Å². The molecule has 0 bridgehead atoms. The van der Waals surface area contributed by atoms with Crippen LogP contribution in [0.4, 0.5) is 0 Å². The van der Waals surface area contributed by atoms with Gasteiger partial charge < -0.3 is 5.11 Å². The molecule has 0 aromatic rings. The maximum atomic E-state index is 9.59. The van der Waals surface area contributed by atoms with E-state index in [1.54, 1.807) is 6.92 Å². The fourth-order valence-corrected chi connectivity index (χ4v) is 0.169. The van der Waals surface area contributed by atoms with Crippen LogP contribution in [-0.4, -0.2) is 18.0 Å². The van der Waals surface area contributed by atoms with Crippen molar-refractivity contribution in [3.8, 4) is 0 Å². The third kappa shape index (κ3) is 3.19. The number of aldehydes is 1. The van der Waals surface area contributed by atoms with Crippen LogP contribution in [0.3, 0.4) is 0 Å². The van der Waals surface area contributed by atoms with Gasteiger partial charge in [-0.15, -0.1) is 0 Å². The number of hydrogen-bond donors (Lipinski definition) is 1. The minimum Gasteiger partial charge on any atom is -0.392 e. The second-order valence-corrected chi connectivity index (χ2v) is 1.31. The van der Waals surface area contributed by atoms with Crippen LogP contribution in [0.25, 0.3) is 0 Å². The first-order chi connectivity index (χ1) is 3.31. The first-order valence-corrected chi connectivity index (χ1v) is 2.03. The van der Waals surface area contributed by atoms with Gasteiger partial charge in [0.05, 0.1) is 6.61 Å². The minimum absolute atomic E-state index is 0.0290. The highest BCUT2D eigenvalue weighted by molar-refractivity contribution is 5.65. The summed E-state index contributed by atoms with van der Waals surface area (Å²) < 4.78 is 0. The zero-order valence-corrected chi connectivity index (χ0v) is 4.22. The molecule has 0 aliphatic rings. The normalized spacial score (nSPS) is 11.4. The van der Waals surface area contributed by atoms with E-state index in [0.717, 1.165) is 0 Å². The van der Waals surface area contributed by atoms with Gasteiger partial charge in [-0.2, -0.15) is 0 Å². The molecule has 0 aliphatic carbocycles. The van der Waals surface area contributed by atoms with Gasteiger partial charge in [0.15, 0.2) is 0 Å². The number of rotatable bonds is 2. The summed E-state index contributed by atoms with van der Waals surface area (Å²) in [6.45, 7) is 1.66. The lowest BCUT2D eigenvalue weighted by atomic mass is 10.3. The number of allylic oxidation sites excluding steroid dienone is 1. The van der Waals surface area contributed by atoms with E-state index in [0.29, 0.717) is 11.9 Å². The summed E-state index contributed by atoms with van der Waals surface area (Å²) in [7, 11) is 0. The Kier molecular flexibility index (Phi) is 3.24. The average molecular weight is 100 g/mol. The van der Waals surface area contributed by atoms with Gasteiger partial charge in [-0.3, -0.25) is 4.79 Å². The van der Waals surface area contributed by atoms with Crippen LogP contribution in [0.15, 0.2) is 11.6 Å². The predicted molar refractivity (Wildman–Crippen MR) is 26.9 cm³/mol. The van der Waals surface area contributed by atoms with Crippen molar-refractivity contribution >= 4 is 6.29 Å². The van der Waals surface area contributed by atoms with Crippen molar-refractivity contribution in [2.24, 2.45) is 0 Å². The summed E-state index contributed by atoms with van der Waals surface area (Å²) in [5.41, 5.74) is 0.690. The van der Waals surface area contributed by atoms with Crippen LogP contribution in [0, 0.1) is 0 Å². The Morgan fingerprint density at radius 2 is 2.43 bits per heavy atom. The summed E-state index contributed by atoms with van der Waals surface area (Å²) >= 11 is 0. The molecule has 0 amide bonds. The Hall–Kier alpha value is -0.630. The van der Waals surface area contributed by atoms with E-state index < -0.39 is 0 Å². The molecule has 0 saturated heterocycles. The van der Waals surface area contributed by atoms with E-state index >= 15 is 0 Å². The Bertz CT molecular complexity index is 84.1. The Balaban J connectivity index is 3.49. The molecule has 0 spiro atoms. The summed E-state index contributed by atoms with van der Waals surface area (Å²) in [6.07, 6.45) is 1.99. The third-order valence-corrected chi connectivity index (χ3v) is 0.602. The standard InChI is InChI=1S/C5H8O2/c1-5(4-7)2-3-6/h2-3,7H,4H2,1H3. The zero-order chi connectivity index (χ0) is 5.70. The van der Waals surface area contributed by atoms with Gasteiger partial charge in [-0.1, -0.05) is 0 Å². The molecule has 2 heteroatoms. The van der Waals surface area contributed by atoms with Crippen LogP contribution >= 0.6 is 0 Å². The van der Waals surface area contributed by atoms with Gasteiger partial charge in [0, 0.05) is 0 Å². The predicted octanol–water partition coefficient (Wildman–Crippen LogP) is 0.124. The van der Waals surface area contributed by atoms with Crippen molar-refractivity contribution in [1.29, 1.82) is 0 Å². The largest absolute Gasteiger partial charge is 0.392 e. The Morgan fingerprint density at radius 3 is 2.57 bits per heavy atom. The van der Waals surface area contributed by atoms with Gasteiger partial charge in [0.1, 0.15) is 6.29 Å². The maximum Gasteiger partial charge on any atom is 0.142 e. The van der Waals surface area contributed by atoms with Crippen LogP contribution in [0.2, 0.25) is 0 Å². The average Bonchev–Trinajstić information content (AvgIpc) is 1.68. The molecular formula is C5H8O2. The summed E-state index contributed by atoms with van der Waals surface area (Å²) in [6, 6.07) is 0. The number of aliphatic hydroxyl groups excluding tert-OH is 1. The van der Waals surface area contributed by atoms with Crippen molar-refractivity contribution in [2.45, 2.75) is 6.92 Å². The first kappa shape index (κ1) is 6.37. The van der Waals surface area contributed by atoms with Gasteiger partial charge in [-0.05, 0) is 18.6 Å². The van der Waals surface area contributed by atoms with Crippen molar-refractivity contribution in [1.82, 2.24) is 0 Å². The molecule has 1 N–H and O–H groups in total. The van der Waals surface area contributed by atoms with Crippen molar-refractivity contribution < 1.29 is 9.90 Å². The lowest BCUT2D eigenvalue weighted by molar-refractivity contribution is -0.104. The van der Waals surface area contributed by atoms with Gasteiger partial charge >= 0.3 is 0 Å². The van der Waals surface area contributed by atoms with Crippen molar-refractivity contribution in [3.63, 3.8) is 0 Å². The maximum absolute atomic E-state index is 9.59. The van der Waals surface area contributed by atoms with E-state index in [1.165, 1.54) is 6.08 Å². The molecule has 2 nitrogen and oxygen atoms in total. The van der Waals surface area contributed by atoms with Gasteiger partial charge in [-0.25, -0.2) is 0 Å². The topological polar surface area (TPSA) is 37.3 Å². The molecular weight excluding hydrogens is 92.1 g/mol. The quantitative estimate of drug-likeness (QED) is 0.395. The molecule has 0 heterocycles. The molecule has 7 heavy (non-hydrogen) atoms. The fourth-order valence-electron chi connectivity index (χ4n) is 0.169. The molecule has 0 unspecified atom stereocenters. The van der Waals surface area contributed by atoms with Gasteiger partial charge in [0.2, 0.25) is 0 Å². The molecule has 40 valence electrons. The van der Waals surface area contributed by atoms with E-state index in [-0.39, 0.29) is 6.61 Å². The van der Waals surface area contributed by atoms with Crippen LogP contribution in [0.1, 0.15) is 6.92 Å². The molecule has 0 aromatic heterocycles. The van der Waals surface area contributed by atoms with Gasteiger partial charge in [0.25, 0.3) is 0 Å². The SMILES string of the molecule is CC(=CC=O)CO. The highest BCUT2D eigenvalue weighted by Gasteiger charge is 1.78. The van der Waals surface area contributed by atoms with E-state index in [2.05, 4.69) is 0 Å². The van der Waals surface area contributed by atoms with E-state index in [1.807, 2.05) is 0 Å².